The second kappa shape index (κ2) is 4.36. The zero-order valence-electron chi connectivity index (χ0n) is 10.2. The Morgan fingerprint density at radius 1 is 1.31 bits per heavy atom. The topological polar surface area (TPSA) is 46.5 Å². The van der Waals surface area contributed by atoms with E-state index in [1.165, 1.54) is 20.0 Å². The van der Waals surface area contributed by atoms with Crippen molar-refractivity contribution >= 4 is 5.97 Å². The Hall–Kier alpha value is -0.570. The minimum atomic E-state index is -0.893. The molecule has 0 aliphatic heterocycles. The number of aliphatic hydroxyl groups excluding tert-OH is 1. The summed E-state index contributed by atoms with van der Waals surface area (Å²) in [7, 11) is 1.35. The predicted molar refractivity (Wildman–Crippen MR) is 60.8 cm³/mol. The van der Waals surface area contributed by atoms with Gasteiger partial charge in [-0.1, -0.05) is 19.8 Å². The van der Waals surface area contributed by atoms with Crippen molar-refractivity contribution in [1.82, 2.24) is 0 Å². The fraction of sp³-hybridized carbons (Fsp3) is 0.923. The van der Waals surface area contributed by atoms with Gasteiger partial charge in [0.25, 0.3) is 0 Å². The van der Waals surface area contributed by atoms with E-state index in [9.17, 15) is 9.90 Å². The first kappa shape index (κ1) is 11.9. The van der Waals surface area contributed by atoms with Crippen LogP contribution in [0.2, 0.25) is 0 Å². The summed E-state index contributed by atoms with van der Waals surface area (Å²) in [6, 6.07) is 0. The molecular weight excluding hydrogens is 204 g/mol. The van der Waals surface area contributed by atoms with Crippen molar-refractivity contribution in [1.29, 1.82) is 0 Å². The summed E-state index contributed by atoms with van der Waals surface area (Å²) in [6.45, 7) is 2.28. The SMILES string of the molecule is COC(=O)C(O)C1(C2CCC(C)CC2)CC1. The van der Waals surface area contributed by atoms with Gasteiger partial charge in [0.15, 0.2) is 6.10 Å². The summed E-state index contributed by atoms with van der Waals surface area (Å²) in [5.41, 5.74) is -0.132. The lowest BCUT2D eigenvalue weighted by atomic mass is 9.72. The van der Waals surface area contributed by atoms with Gasteiger partial charge in [0.1, 0.15) is 0 Å². The molecule has 0 heterocycles. The number of aliphatic hydroxyl groups is 1. The molecule has 0 bridgehead atoms. The van der Waals surface area contributed by atoms with Gasteiger partial charge < -0.3 is 9.84 Å². The number of rotatable bonds is 3. The summed E-state index contributed by atoms with van der Waals surface area (Å²) >= 11 is 0. The second-order valence-corrected chi connectivity index (χ2v) is 5.62. The first-order chi connectivity index (χ1) is 7.60. The summed E-state index contributed by atoms with van der Waals surface area (Å²) in [5.74, 6) is 0.885. The van der Waals surface area contributed by atoms with Gasteiger partial charge >= 0.3 is 5.97 Å². The van der Waals surface area contributed by atoms with Crippen LogP contribution in [-0.4, -0.2) is 24.3 Å². The number of ether oxygens (including phenoxy) is 1. The Morgan fingerprint density at radius 2 is 1.88 bits per heavy atom. The second-order valence-electron chi connectivity index (χ2n) is 5.62. The average Bonchev–Trinajstić information content (AvgIpc) is 3.09. The van der Waals surface area contributed by atoms with E-state index in [-0.39, 0.29) is 5.41 Å². The highest BCUT2D eigenvalue weighted by Crippen LogP contribution is 2.59. The van der Waals surface area contributed by atoms with Crippen LogP contribution in [0.1, 0.15) is 45.4 Å². The average molecular weight is 226 g/mol. The molecule has 0 saturated heterocycles. The maximum atomic E-state index is 11.4. The molecule has 2 aliphatic rings. The number of hydrogen-bond acceptors (Lipinski definition) is 3. The Kier molecular flexibility index (Phi) is 3.24. The van der Waals surface area contributed by atoms with Crippen LogP contribution in [0.3, 0.4) is 0 Å². The fourth-order valence-corrected chi connectivity index (χ4v) is 3.23. The smallest absolute Gasteiger partial charge is 0.335 e. The number of hydrogen-bond donors (Lipinski definition) is 1. The molecule has 1 atom stereocenters. The van der Waals surface area contributed by atoms with E-state index in [0.29, 0.717) is 5.92 Å². The molecule has 0 aromatic rings. The van der Waals surface area contributed by atoms with Crippen molar-refractivity contribution in [2.75, 3.05) is 7.11 Å². The first-order valence-electron chi connectivity index (χ1n) is 6.36. The van der Waals surface area contributed by atoms with Crippen molar-refractivity contribution < 1.29 is 14.6 Å². The molecule has 0 aromatic carbocycles. The molecule has 2 aliphatic carbocycles. The van der Waals surface area contributed by atoms with Crippen LogP contribution in [0, 0.1) is 17.3 Å². The van der Waals surface area contributed by atoms with Gasteiger partial charge in [0, 0.05) is 5.41 Å². The van der Waals surface area contributed by atoms with Gasteiger partial charge in [-0.15, -0.1) is 0 Å². The van der Waals surface area contributed by atoms with Crippen LogP contribution in [0.4, 0.5) is 0 Å². The van der Waals surface area contributed by atoms with Crippen molar-refractivity contribution in [2.45, 2.75) is 51.6 Å². The van der Waals surface area contributed by atoms with Crippen LogP contribution < -0.4 is 0 Å². The largest absolute Gasteiger partial charge is 0.467 e. The maximum absolute atomic E-state index is 11.4. The lowest BCUT2D eigenvalue weighted by molar-refractivity contribution is -0.156. The van der Waals surface area contributed by atoms with E-state index in [1.54, 1.807) is 0 Å². The molecule has 0 aromatic heterocycles. The molecule has 16 heavy (non-hydrogen) atoms. The monoisotopic (exact) mass is 226 g/mol. The Labute approximate surface area is 97.2 Å². The van der Waals surface area contributed by atoms with E-state index < -0.39 is 12.1 Å². The molecule has 2 fully saturated rings. The summed E-state index contributed by atoms with van der Waals surface area (Å²) in [4.78, 5) is 11.4. The number of carbonyl (C=O) groups is 1. The van der Waals surface area contributed by atoms with Gasteiger partial charge in [-0.25, -0.2) is 4.79 Å². The van der Waals surface area contributed by atoms with Crippen LogP contribution in [0.15, 0.2) is 0 Å². The van der Waals surface area contributed by atoms with Gasteiger partial charge in [-0.3, -0.25) is 0 Å². The Bertz CT molecular complexity index is 262. The molecule has 0 amide bonds. The highest BCUT2D eigenvalue weighted by atomic mass is 16.5. The predicted octanol–water partition coefficient (Wildman–Crippen LogP) is 2.13. The normalized spacial score (nSPS) is 34.2. The highest BCUT2D eigenvalue weighted by molar-refractivity contribution is 5.76. The van der Waals surface area contributed by atoms with Gasteiger partial charge in [-0.05, 0) is 37.5 Å². The zero-order valence-corrected chi connectivity index (χ0v) is 10.2. The molecule has 2 rings (SSSR count). The summed E-state index contributed by atoms with van der Waals surface area (Å²) < 4.78 is 4.66. The van der Waals surface area contributed by atoms with Crippen molar-refractivity contribution in [3.8, 4) is 0 Å². The van der Waals surface area contributed by atoms with E-state index in [2.05, 4.69) is 11.7 Å². The lowest BCUT2D eigenvalue weighted by Crippen LogP contribution is -2.38. The van der Waals surface area contributed by atoms with Crippen molar-refractivity contribution in [3.05, 3.63) is 0 Å². The zero-order chi connectivity index (χ0) is 11.8. The van der Waals surface area contributed by atoms with Crippen LogP contribution in [0.25, 0.3) is 0 Å². The standard InChI is InChI=1S/C13H22O3/c1-9-3-5-10(6-4-9)13(7-8-13)11(14)12(15)16-2/h9-11,14H,3-8H2,1-2H3. The van der Waals surface area contributed by atoms with E-state index in [4.69, 9.17) is 0 Å². The van der Waals surface area contributed by atoms with Gasteiger partial charge in [0.05, 0.1) is 7.11 Å². The molecule has 1 unspecified atom stereocenters. The van der Waals surface area contributed by atoms with Crippen LogP contribution >= 0.6 is 0 Å². The molecule has 3 heteroatoms. The molecule has 0 radical (unpaired) electrons. The fourth-order valence-electron chi connectivity index (χ4n) is 3.23. The number of esters is 1. The molecule has 0 spiro atoms. The first-order valence-corrected chi connectivity index (χ1v) is 6.36. The quantitative estimate of drug-likeness (QED) is 0.750. The minimum Gasteiger partial charge on any atom is -0.467 e. The van der Waals surface area contributed by atoms with Crippen molar-refractivity contribution in [2.24, 2.45) is 17.3 Å². The molecule has 3 nitrogen and oxygen atoms in total. The molecule has 92 valence electrons. The molecule has 2 saturated carbocycles. The molecule has 1 N–H and O–H groups in total. The molecular formula is C13H22O3. The van der Waals surface area contributed by atoms with E-state index in [0.717, 1.165) is 31.6 Å². The Morgan fingerprint density at radius 3 is 2.31 bits per heavy atom. The third-order valence-corrected chi connectivity index (χ3v) is 4.63. The van der Waals surface area contributed by atoms with E-state index >= 15 is 0 Å². The van der Waals surface area contributed by atoms with Gasteiger partial charge in [0.2, 0.25) is 0 Å². The van der Waals surface area contributed by atoms with E-state index in [1.807, 2.05) is 0 Å². The summed E-state index contributed by atoms with van der Waals surface area (Å²) in [6.07, 6.45) is 5.88. The third-order valence-electron chi connectivity index (χ3n) is 4.63. The highest BCUT2D eigenvalue weighted by Gasteiger charge is 2.57. The van der Waals surface area contributed by atoms with Crippen molar-refractivity contribution in [3.63, 3.8) is 0 Å². The number of methoxy groups -OCH3 is 1. The van der Waals surface area contributed by atoms with Gasteiger partial charge in [-0.2, -0.15) is 0 Å². The third kappa shape index (κ3) is 1.97. The number of carbonyl (C=O) groups excluding carboxylic acids is 1. The summed E-state index contributed by atoms with van der Waals surface area (Å²) in [5, 5.41) is 10.1. The lowest BCUT2D eigenvalue weighted by Gasteiger charge is -2.34. The van der Waals surface area contributed by atoms with Crippen LogP contribution in [0.5, 0.6) is 0 Å². The van der Waals surface area contributed by atoms with Crippen LogP contribution in [-0.2, 0) is 9.53 Å². The maximum Gasteiger partial charge on any atom is 0.335 e. The minimum absolute atomic E-state index is 0.132. The Balaban J connectivity index is 2.00.